The smallest absolute Gasteiger partial charge is 0.293 e. The minimum atomic E-state index is -0.603. The minimum Gasteiger partial charge on any atom is -0.507 e. The first-order chi connectivity index (χ1) is 18.8. The first-order valence-electron chi connectivity index (χ1n) is 12.3. The molecule has 1 saturated heterocycles. The van der Waals surface area contributed by atoms with E-state index in [2.05, 4.69) is 15.6 Å². The quantitative estimate of drug-likeness (QED) is 0.135. The van der Waals surface area contributed by atoms with Crippen LogP contribution in [0.4, 0.5) is 17.1 Å². The molecule has 1 amide bonds. The molecular weight excluding hydrogens is 522 g/mol. The largest absolute Gasteiger partial charge is 0.507 e. The third-order valence-electron chi connectivity index (χ3n) is 6.36. The number of benzene rings is 3. The number of carbonyl (C=O) groups is 1. The molecule has 1 fully saturated rings. The minimum absolute atomic E-state index is 0.0262. The van der Waals surface area contributed by atoms with Crippen LogP contribution in [0.2, 0.25) is 0 Å². The van der Waals surface area contributed by atoms with Gasteiger partial charge in [0.2, 0.25) is 5.89 Å². The van der Waals surface area contributed by atoms with E-state index in [1.165, 1.54) is 18.2 Å². The number of aromatic hydroxyl groups is 1. The maximum absolute atomic E-state index is 12.8. The average molecular weight is 548 g/mol. The van der Waals surface area contributed by atoms with Crippen molar-refractivity contribution in [1.29, 1.82) is 0 Å². The van der Waals surface area contributed by atoms with Crippen molar-refractivity contribution in [3.63, 3.8) is 0 Å². The highest BCUT2D eigenvalue weighted by molar-refractivity contribution is 7.80. The molecule has 0 spiro atoms. The van der Waals surface area contributed by atoms with Gasteiger partial charge in [-0.25, -0.2) is 4.98 Å². The van der Waals surface area contributed by atoms with Crippen LogP contribution in [0.5, 0.6) is 5.75 Å². The predicted molar refractivity (Wildman–Crippen MR) is 150 cm³/mol. The molecule has 3 aromatic carbocycles. The highest BCUT2D eigenvalue weighted by atomic mass is 32.1. The van der Waals surface area contributed by atoms with Gasteiger partial charge in [0.05, 0.1) is 23.7 Å². The number of phenolic OH excluding ortho intramolecular Hbond substituents is 1. The summed E-state index contributed by atoms with van der Waals surface area (Å²) in [6, 6.07) is 14.7. The SMILES string of the molecule is CCc1ccc2oc(-c3cc(NC(=S)NC(=O)c4ccc(N5CCOCC5)c([N+](=O)[O-])c4)ccc3O)nc2c1. The molecule has 1 aromatic heterocycles. The van der Waals surface area contributed by atoms with E-state index in [9.17, 15) is 20.0 Å². The molecule has 0 aliphatic carbocycles. The number of hydrogen-bond donors (Lipinski definition) is 3. The fraction of sp³-hybridized carbons (Fsp3) is 0.222. The summed E-state index contributed by atoms with van der Waals surface area (Å²) < 4.78 is 11.2. The second-order valence-corrected chi connectivity index (χ2v) is 9.28. The molecule has 0 unspecified atom stereocenters. The van der Waals surface area contributed by atoms with Crippen LogP contribution in [0.25, 0.3) is 22.6 Å². The van der Waals surface area contributed by atoms with Crippen molar-refractivity contribution < 1.29 is 24.0 Å². The number of nitrogens with zero attached hydrogens (tertiary/aromatic N) is 3. The molecule has 3 N–H and O–H groups in total. The average Bonchev–Trinajstić information content (AvgIpc) is 3.37. The zero-order valence-corrected chi connectivity index (χ0v) is 21.8. The van der Waals surface area contributed by atoms with Crippen molar-refractivity contribution in [3.8, 4) is 17.2 Å². The summed E-state index contributed by atoms with van der Waals surface area (Å²) in [4.78, 5) is 30.4. The van der Waals surface area contributed by atoms with E-state index >= 15 is 0 Å². The lowest BCUT2D eigenvalue weighted by Gasteiger charge is -2.28. The van der Waals surface area contributed by atoms with Crippen molar-refractivity contribution in [2.45, 2.75) is 13.3 Å². The van der Waals surface area contributed by atoms with Crippen molar-refractivity contribution in [2.24, 2.45) is 0 Å². The van der Waals surface area contributed by atoms with Crippen LogP contribution in [0.1, 0.15) is 22.8 Å². The Balaban J connectivity index is 1.31. The number of rotatable bonds is 6. The summed E-state index contributed by atoms with van der Waals surface area (Å²) >= 11 is 5.30. The molecule has 0 radical (unpaired) electrons. The van der Waals surface area contributed by atoms with E-state index in [4.69, 9.17) is 21.4 Å². The van der Waals surface area contributed by atoms with Crippen LogP contribution < -0.4 is 15.5 Å². The molecule has 2 heterocycles. The van der Waals surface area contributed by atoms with Crippen molar-refractivity contribution in [3.05, 3.63) is 75.8 Å². The highest BCUT2D eigenvalue weighted by Gasteiger charge is 2.24. The number of nitro benzene ring substituents is 1. The van der Waals surface area contributed by atoms with Crippen molar-refractivity contribution in [2.75, 3.05) is 36.5 Å². The van der Waals surface area contributed by atoms with Crippen LogP contribution in [0.15, 0.2) is 59.0 Å². The third-order valence-corrected chi connectivity index (χ3v) is 6.56. The van der Waals surface area contributed by atoms with E-state index in [0.717, 1.165) is 12.0 Å². The first kappa shape index (κ1) is 26.1. The third kappa shape index (κ3) is 5.66. The molecular formula is C27H25N5O6S. The Morgan fingerprint density at radius 1 is 1.15 bits per heavy atom. The number of fused-ring (bicyclic) bond motifs is 1. The standard InChI is InChI=1S/C27H25N5O6S/c1-2-16-3-8-24-20(13-16)29-26(38-24)19-15-18(5-7-23(19)33)28-27(39)30-25(34)17-4-6-21(22(14-17)32(35)36)31-9-11-37-12-10-31/h3-8,13-15,33H,2,9-12H2,1H3,(H2,28,30,34,39). The van der Waals surface area contributed by atoms with E-state index in [0.29, 0.717) is 54.3 Å². The Hall–Kier alpha value is -4.55. The molecule has 0 saturated carbocycles. The van der Waals surface area contributed by atoms with Gasteiger partial charge in [-0.2, -0.15) is 0 Å². The Morgan fingerprint density at radius 3 is 2.69 bits per heavy atom. The lowest BCUT2D eigenvalue weighted by Crippen LogP contribution is -2.37. The number of oxazole rings is 1. The summed E-state index contributed by atoms with van der Waals surface area (Å²) in [6.45, 7) is 4.05. The summed E-state index contributed by atoms with van der Waals surface area (Å²) in [6.07, 6.45) is 0.858. The number of anilines is 2. The molecule has 0 atom stereocenters. The van der Waals surface area contributed by atoms with E-state index < -0.39 is 10.8 Å². The number of thiocarbonyl (C=S) groups is 1. The summed E-state index contributed by atoms with van der Waals surface area (Å²) in [5.41, 5.74) is 3.56. The molecule has 12 heteroatoms. The van der Waals surface area contributed by atoms with Crippen LogP contribution in [-0.4, -0.2) is 52.3 Å². The van der Waals surface area contributed by atoms with Gasteiger partial charge in [-0.3, -0.25) is 20.2 Å². The van der Waals surface area contributed by atoms with Crippen LogP contribution in [0, 0.1) is 10.1 Å². The molecule has 0 bridgehead atoms. The van der Waals surface area contributed by atoms with Gasteiger partial charge in [-0.05, 0) is 66.7 Å². The second kappa shape index (κ2) is 11.1. The normalized spacial score (nSPS) is 13.3. The number of amides is 1. The number of carbonyl (C=O) groups excluding carboxylic acids is 1. The van der Waals surface area contributed by atoms with Crippen molar-refractivity contribution >= 4 is 51.4 Å². The van der Waals surface area contributed by atoms with Crippen LogP contribution in [-0.2, 0) is 11.2 Å². The van der Waals surface area contributed by atoms with Gasteiger partial charge >= 0.3 is 0 Å². The number of phenols is 1. The number of hydrogen-bond acceptors (Lipinski definition) is 9. The van der Waals surface area contributed by atoms with Gasteiger partial charge < -0.3 is 24.5 Å². The predicted octanol–water partition coefficient (Wildman–Crippen LogP) is 4.63. The zero-order valence-electron chi connectivity index (χ0n) is 21.0. The molecule has 11 nitrogen and oxygen atoms in total. The molecule has 1 aliphatic heterocycles. The Kier molecular flexibility index (Phi) is 7.39. The number of aryl methyl sites for hydroxylation is 1. The Morgan fingerprint density at radius 2 is 1.95 bits per heavy atom. The number of morpholine rings is 1. The maximum atomic E-state index is 12.8. The highest BCUT2D eigenvalue weighted by Crippen LogP contribution is 2.34. The van der Waals surface area contributed by atoms with Gasteiger partial charge in [-0.15, -0.1) is 0 Å². The van der Waals surface area contributed by atoms with Gasteiger partial charge in [0.15, 0.2) is 10.7 Å². The van der Waals surface area contributed by atoms with Gasteiger partial charge in [-0.1, -0.05) is 13.0 Å². The molecule has 4 aromatic rings. The molecule has 5 rings (SSSR count). The van der Waals surface area contributed by atoms with E-state index in [1.807, 2.05) is 30.0 Å². The number of nitro groups is 1. The lowest BCUT2D eigenvalue weighted by molar-refractivity contribution is -0.384. The second-order valence-electron chi connectivity index (χ2n) is 8.87. The summed E-state index contributed by atoms with van der Waals surface area (Å²) in [7, 11) is 0. The zero-order chi connectivity index (χ0) is 27.5. The molecule has 1 aliphatic rings. The Bertz CT molecular complexity index is 1580. The molecule has 200 valence electrons. The van der Waals surface area contributed by atoms with Crippen molar-refractivity contribution in [1.82, 2.24) is 10.3 Å². The topological polar surface area (TPSA) is 143 Å². The number of aromatic nitrogens is 1. The molecule has 39 heavy (non-hydrogen) atoms. The summed E-state index contributed by atoms with van der Waals surface area (Å²) in [5, 5.41) is 27.6. The lowest BCUT2D eigenvalue weighted by atomic mass is 10.1. The fourth-order valence-electron chi connectivity index (χ4n) is 4.31. The first-order valence-corrected chi connectivity index (χ1v) is 12.7. The summed E-state index contributed by atoms with van der Waals surface area (Å²) in [5.74, 6) is -0.402. The van der Waals surface area contributed by atoms with Gasteiger partial charge in [0.1, 0.15) is 17.0 Å². The van der Waals surface area contributed by atoms with Crippen LogP contribution >= 0.6 is 12.2 Å². The number of ether oxygens (including phenoxy) is 1. The fourth-order valence-corrected chi connectivity index (χ4v) is 4.52. The maximum Gasteiger partial charge on any atom is 0.293 e. The van der Waals surface area contributed by atoms with Crippen LogP contribution in [0.3, 0.4) is 0 Å². The Labute approximate surface area is 228 Å². The monoisotopic (exact) mass is 547 g/mol. The van der Waals surface area contributed by atoms with E-state index in [1.54, 1.807) is 18.2 Å². The van der Waals surface area contributed by atoms with Gasteiger partial charge in [0, 0.05) is 30.4 Å². The van der Waals surface area contributed by atoms with Gasteiger partial charge in [0.25, 0.3) is 11.6 Å². The van der Waals surface area contributed by atoms with E-state index in [-0.39, 0.29) is 28.0 Å². The number of nitrogens with one attached hydrogen (secondary N) is 2.